The molecule has 3 rings (SSSR count). The second-order valence-corrected chi connectivity index (χ2v) is 7.58. The number of halogens is 3. The maximum Gasteiger partial charge on any atom is 0.326 e. The third-order valence-corrected chi connectivity index (χ3v) is 4.89. The number of hydrogen-bond donors (Lipinski definition) is 3. The van der Waals surface area contributed by atoms with Crippen LogP contribution >= 0.6 is 11.6 Å². The van der Waals surface area contributed by atoms with Crippen LogP contribution in [0, 0.1) is 11.6 Å². The first-order valence-electron chi connectivity index (χ1n) is 10.3. The maximum atomic E-state index is 13.7. The average Bonchev–Trinajstić information content (AvgIpc) is 2.79. The Morgan fingerprint density at radius 2 is 1.41 bits per heavy atom. The third-order valence-electron chi connectivity index (χ3n) is 4.64. The van der Waals surface area contributed by atoms with Gasteiger partial charge in [-0.2, -0.15) is 0 Å². The first-order chi connectivity index (χ1) is 16.3. The van der Waals surface area contributed by atoms with E-state index in [1.165, 1.54) is 12.1 Å². The molecule has 0 aliphatic heterocycles. The van der Waals surface area contributed by atoms with Crippen LogP contribution in [0.4, 0.5) is 35.4 Å². The molecule has 3 N–H and O–H groups in total. The van der Waals surface area contributed by atoms with Gasteiger partial charge in [0.15, 0.2) is 0 Å². The van der Waals surface area contributed by atoms with Gasteiger partial charge < -0.3 is 10.6 Å². The van der Waals surface area contributed by atoms with Crippen LogP contribution in [0.3, 0.4) is 0 Å². The first kappa shape index (κ1) is 24.7. The number of carbonyl (C=O) groups excluding carboxylic acids is 3. The van der Waals surface area contributed by atoms with Gasteiger partial charge in [-0.1, -0.05) is 24.6 Å². The van der Waals surface area contributed by atoms with E-state index in [4.69, 9.17) is 11.6 Å². The summed E-state index contributed by atoms with van der Waals surface area (Å²) in [4.78, 5) is 38.4. The molecule has 3 aromatic carbocycles. The fraction of sp³-hybridized carbons (Fsp3) is 0.125. The van der Waals surface area contributed by atoms with Crippen molar-refractivity contribution in [3.63, 3.8) is 0 Å². The summed E-state index contributed by atoms with van der Waals surface area (Å²) in [6.45, 7) is 2.44. The van der Waals surface area contributed by atoms with Gasteiger partial charge in [0.25, 0.3) is 5.91 Å². The second-order valence-electron chi connectivity index (χ2n) is 7.14. The van der Waals surface area contributed by atoms with Gasteiger partial charge in [-0.3, -0.25) is 15.0 Å². The molecule has 0 saturated heterocycles. The molecule has 34 heavy (non-hydrogen) atoms. The molecule has 7 nitrogen and oxygen atoms in total. The third kappa shape index (κ3) is 6.29. The van der Waals surface area contributed by atoms with E-state index in [0.29, 0.717) is 28.6 Å². The molecule has 0 aliphatic rings. The van der Waals surface area contributed by atoms with E-state index < -0.39 is 29.1 Å². The number of rotatable bonds is 6. The Hall–Kier alpha value is -3.98. The summed E-state index contributed by atoms with van der Waals surface area (Å²) >= 11 is 5.92. The molecular formula is C24H21ClF2N4O3. The molecule has 0 bridgehead atoms. The number of urea groups is 2. The van der Waals surface area contributed by atoms with Crippen LogP contribution in [0.2, 0.25) is 5.02 Å². The van der Waals surface area contributed by atoms with Crippen molar-refractivity contribution in [2.45, 2.75) is 13.3 Å². The number of imide groups is 1. The van der Waals surface area contributed by atoms with Crippen LogP contribution in [0.5, 0.6) is 0 Å². The van der Waals surface area contributed by atoms with Crippen molar-refractivity contribution in [1.29, 1.82) is 0 Å². The SMILES string of the molecule is CCCN(C(=O)Nc1ccc(NC(=O)NC(=O)c2c(F)cccc2F)cc1)c1ccc(Cl)cc1. The van der Waals surface area contributed by atoms with E-state index in [0.717, 1.165) is 24.6 Å². The van der Waals surface area contributed by atoms with Crippen molar-refractivity contribution in [2.75, 3.05) is 22.1 Å². The smallest absolute Gasteiger partial charge is 0.308 e. The van der Waals surface area contributed by atoms with E-state index in [-0.39, 0.29) is 6.03 Å². The Kier molecular flexibility index (Phi) is 8.15. The van der Waals surface area contributed by atoms with Crippen LogP contribution in [0.25, 0.3) is 0 Å². The molecule has 0 saturated carbocycles. The molecule has 0 aliphatic carbocycles. The van der Waals surface area contributed by atoms with Crippen molar-refractivity contribution in [1.82, 2.24) is 5.32 Å². The Bertz CT molecular complexity index is 1170. The maximum absolute atomic E-state index is 13.7. The number of nitrogens with one attached hydrogen (secondary N) is 3. The van der Waals surface area contributed by atoms with Gasteiger partial charge in [0.1, 0.15) is 17.2 Å². The summed E-state index contributed by atoms with van der Waals surface area (Å²) in [7, 11) is 0. The summed E-state index contributed by atoms with van der Waals surface area (Å²) in [6.07, 6.45) is 0.740. The van der Waals surface area contributed by atoms with E-state index in [1.807, 2.05) is 12.2 Å². The molecule has 10 heteroatoms. The monoisotopic (exact) mass is 486 g/mol. The number of anilines is 3. The summed E-state index contributed by atoms with van der Waals surface area (Å²) in [5.74, 6) is -3.38. The molecule has 0 radical (unpaired) electrons. The second kappa shape index (κ2) is 11.2. The van der Waals surface area contributed by atoms with Crippen molar-refractivity contribution >= 4 is 46.6 Å². The minimum absolute atomic E-state index is 0.292. The minimum Gasteiger partial charge on any atom is -0.308 e. The van der Waals surface area contributed by atoms with Gasteiger partial charge >= 0.3 is 12.1 Å². The predicted octanol–water partition coefficient (Wildman–Crippen LogP) is 6.03. The predicted molar refractivity (Wildman–Crippen MR) is 127 cm³/mol. The van der Waals surface area contributed by atoms with Crippen molar-refractivity contribution in [3.8, 4) is 0 Å². The highest BCUT2D eigenvalue weighted by Crippen LogP contribution is 2.21. The van der Waals surface area contributed by atoms with E-state index in [2.05, 4.69) is 10.6 Å². The van der Waals surface area contributed by atoms with Crippen molar-refractivity contribution < 1.29 is 23.2 Å². The Labute approximate surface area is 199 Å². The molecule has 5 amide bonds. The largest absolute Gasteiger partial charge is 0.326 e. The van der Waals surface area contributed by atoms with Crippen LogP contribution in [0.1, 0.15) is 23.7 Å². The zero-order chi connectivity index (χ0) is 24.7. The molecule has 0 spiro atoms. The van der Waals surface area contributed by atoms with Gasteiger partial charge in [0, 0.05) is 28.6 Å². The minimum atomic E-state index is -1.21. The highest BCUT2D eigenvalue weighted by molar-refractivity contribution is 6.30. The van der Waals surface area contributed by atoms with E-state index in [1.54, 1.807) is 41.3 Å². The van der Waals surface area contributed by atoms with Gasteiger partial charge in [-0.25, -0.2) is 18.4 Å². The zero-order valence-electron chi connectivity index (χ0n) is 18.1. The Balaban J connectivity index is 1.60. The summed E-state index contributed by atoms with van der Waals surface area (Å²) in [6, 6.07) is 14.6. The van der Waals surface area contributed by atoms with E-state index in [9.17, 15) is 23.2 Å². The molecule has 3 aromatic rings. The summed E-state index contributed by atoms with van der Waals surface area (Å²) < 4.78 is 27.4. The standard InChI is InChI=1S/C24H21ClF2N4O3/c1-2-14-31(18-12-6-15(25)7-13-18)24(34)29-17-10-8-16(9-11-17)28-23(33)30-22(32)21-19(26)4-3-5-20(21)27/h3-13H,2,14H2,1H3,(H,29,34)(H2,28,30,32,33). The van der Waals surface area contributed by atoms with Gasteiger partial charge in [-0.15, -0.1) is 0 Å². The molecule has 176 valence electrons. The van der Waals surface area contributed by atoms with Crippen molar-refractivity contribution in [2.24, 2.45) is 0 Å². The summed E-state index contributed by atoms with van der Waals surface area (Å²) in [5, 5.41) is 7.59. The van der Waals surface area contributed by atoms with Crippen LogP contribution < -0.4 is 20.9 Å². The molecular weight excluding hydrogens is 466 g/mol. The molecule has 0 fully saturated rings. The lowest BCUT2D eigenvalue weighted by atomic mass is 10.2. The number of nitrogens with zero attached hydrogens (tertiary/aromatic N) is 1. The topological polar surface area (TPSA) is 90.5 Å². The Morgan fingerprint density at radius 3 is 1.97 bits per heavy atom. The normalized spacial score (nSPS) is 10.4. The fourth-order valence-corrected chi connectivity index (χ4v) is 3.19. The van der Waals surface area contributed by atoms with Crippen molar-refractivity contribution in [3.05, 3.63) is 89.0 Å². The van der Waals surface area contributed by atoms with Gasteiger partial charge in [0.2, 0.25) is 0 Å². The van der Waals surface area contributed by atoms with Crippen LogP contribution in [0.15, 0.2) is 66.7 Å². The lowest BCUT2D eigenvalue weighted by Crippen LogP contribution is -2.35. The fourth-order valence-electron chi connectivity index (χ4n) is 3.06. The van der Waals surface area contributed by atoms with Crippen LogP contribution in [-0.2, 0) is 0 Å². The average molecular weight is 487 g/mol. The highest BCUT2D eigenvalue weighted by atomic mass is 35.5. The molecule has 0 unspecified atom stereocenters. The van der Waals surface area contributed by atoms with Gasteiger partial charge in [-0.05, 0) is 67.1 Å². The zero-order valence-corrected chi connectivity index (χ0v) is 18.8. The molecule has 0 atom stereocenters. The lowest BCUT2D eigenvalue weighted by Gasteiger charge is -2.23. The van der Waals surface area contributed by atoms with E-state index >= 15 is 0 Å². The van der Waals surface area contributed by atoms with Gasteiger partial charge in [0.05, 0.1) is 0 Å². The molecule has 0 heterocycles. The number of hydrogen-bond acceptors (Lipinski definition) is 3. The number of benzene rings is 3. The summed E-state index contributed by atoms with van der Waals surface area (Å²) in [5.41, 5.74) is 0.596. The number of carbonyl (C=O) groups is 3. The Morgan fingerprint density at radius 1 is 0.853 bits per heavy atom. The highest BCUT2D eigenvalue weighted by Gasteiger charge is 2.19. The quantitative estimate of drug-likeness (QED) is 0.397. The van der Waals surface area contributed by atoms with Crippen LogP contribution in [-0.4, -0.2) is 24.5 Å². The number of amides is 5. The molecule has 0 aromatic heterocycles. The lowest BCUT2D eigenvalue weighted by molar-refractivity contribution is 0.0959. The first-order valence-corrected chi connectivity index (χ1v) is 10.7.